The molecule has 2 nitrogen and oxygen atoms in total. The Labute approximate surface area is 59.8 Å². The van der Waals surface area contributed by atoms with Crippen LogP contribution >= 0.6 is 0 Å². The fraction of sp³-hybridized carbons (Fsp3) is 0.375. The molecule has 2 heteroatoms. The topological polar surface area (TPSA) is 30.2 Å². The fourth-order valence-electron chi connectivity index (χ4n) is 1.04. The van der Waals surface area contributed by atoms with Crippen LogP contribution in [-0.4, -0.2) is 6.29 Å². The van der Waals surface area contributed by atoms with Gasteiger partial charge in [0, 0.05) is 5.56 Å². The lowest BCUT2D eigenvalue weighted by molar-refractivity contribution is 0.109. The monoisotopic (exact) mass is 138 g/mol. The van der Waals surface area contributed by atoms with Crippen molar-refractivity contribution in [2.24, 2.45) is 0 Å². The van der Waals surface area contributed by atoms with E-state index in [1.54, 1.807) is 6.26 Å². The lowest BCUT2D eigenvalue weighted by Gasteiger charge is -1.90. The second-order valence-electron chi connectivity index (χ2n) is 2.23. The quantitative estimate of drug-likeness (QED) is 0.585. The standard InChI is InChI=1S/C8H10O2/c1-3-7-6(2)5-10-8(7)4-9/h4-5H,3H2,1-2H3. The van der Waals surface area contributed by atoms with Crippen molar-refractivity contribution in [2.75, 3.05) is 0 Å². The number of carbonyl (C=O) groups is 1. The zero-order chi connectivity index (χ0) is 7.56. The number of hydrogen-bond donors (Lipinski definition) is 0. The third kappa shape index (κ3) is 0.967. The Hall–Kier alpha value is -1.05. The minimum Gasteiger partial charge on any atom is -0.461 e. The number of hydrogen-bond acceptors (Lipinski definition) is 2. The van der Waals surface area contributed by atoms with E-state index in [1.165, 1.54) is 0 Å². The van der Waals surface area contributed by atoms with Crippen LogP contribution < -0.4 is 0 Å². The van der Waals surface area contributed by atoms with Gasteiger partial charge < -0.3 is 4.42 Å². The van der Waals surface area contributed by atoms with Gasteiger partial charge in [-0.2, -0.15) is 0 Å². The number of carbonyl (C=O) groups excluding carboxylic acids is 1. The molecule has 0 aliphatic carbocycles. The fourth-order valence-corrected chi connectivity index (χ4v) is 1.04. The Morgan fingerprint density at radius 3 is 2.80 bits per heavy atom. The van der Waals surface area contributed by atoms with Gasteiger partial charge in [-0.3, -0.25) is 4.79 Å². The van der Waals surface area contributed by atoms with Crippen LogP contribution in [0.15, 0.2) is 10.7 Å². The van der Waals surface area contributed by atoms with E-state index in [9.17, 15) is 4.79 Å². The van der Waals surface area contributed by atoms with E-state index >= 15 is 0 Å². The van der Waals surface area contributed by atoms with E-state index in [0.717, 1.165) is 23.8 Å². The molecule has 0 unspecified atom stereocenters. The summed E-state index contributed by atoms with van der Waals surface area (Å²) in [5, 5.41) is 0. The molecule has 0 N–H and O–H groups in total. The van der Waals surface area contributed by atoms with Crippen molar-refractivity contribution < 1.29 is 9.21 Å². The van der Waals surface area contributed by atoms with Gasteiger partial charge in [0.15, 0.2) is 12.0 Å². The third-order valence-electron chi connectivity index (χ3n) is 1.60. The van der Waals surface area contributed by atoms with Crippen LogP contribution in [0, 0.1) is 6.92 Å². The lowest BCUT2D eigenvalue weighted by Crippen LogP contribution is -1.85. The molecule has 0 amide bonds. The first-order valence-electron chi connectivity index (χ1n) is 3.31. The highest BCUT2D eigenvalue weighted by atomic mass is 16.3. The van der Waals surface area contributed by atoms with Gasteiger partial charge in [-0.05, 0) is 18.9 Å². The van der Waals surface area contributed by atoms with Crippen LogP contribution in [0.1, 0.15) is 28.6 Å². The minimum atomic E-state index is 0.472. The molecular formula is C8H10O2. The van der Waals surface area contributed by atoms with Crippen LogP contribution in [0.5, 0.6) is 0 Å². The molecule has 0 aromatic carbocycles. The second kappa shape index (κ2) is 2.69. The van der Waals surface area contributed by atoms with Gasteiger partial charge in [0.25, 0.3) is 0 Å². The van der Waals surface area contributed by atoms with Crippen LogP contribution in [0.3, 0.4) is 0 Å². The van der Waals surface area contributed by atoms with Gasteiger partial charge >= 0.3 is 0 Å². The van der Waals surface area contributed by atoms with Crippen molar-refractivity contribution in [3.8, 4) is 0 Å². The van der Waals surface area contributed by atoms with E-state index in [1.807, 2.05) is 13.8 Å². The van der Waals surface area contributed by atoms with E-state index < -0.39 is 0 Å². The molecule has 1 aromatic heterocycles. The molecule has 54 valence electrons. The molecular weight excluding hydrogens is 128 g/mol. The summed E-state index contributed by atoms with van der Waals surface area (Å²) < 4.78 is 4.97. The van der Waals surface area contributed by atoms with Crippen molar-refractivity contribution in [2.45, 2.75) is 20.3 Å². The average molecular weight is 138 g/mol. The summed E-state index contributed by atoms with van der Waals surface area (Å²) >= 11 is 0. The van der Waals surface area contributed by atoms with Crippen molar-refractivity contribution in [1.29, 1.82) is 0 Å². The highest BCUT2D eigenvalue weighted by molar-refractivity contribution is 5.73. The Bertz CT molecular complexity index is 235. The van der Waals surface area contributed by atoms with Gasteiger partial charge in [0.2, 0.25) is 0 Å². The van der Waals surface area contributed by atoms with Gasteiger partial charge in [-0.25, -0.2) is 0 Å². The predicted molar refractivity (Wildman–Crippen MR) is 38.2 cm³/mol. The molecule has 1 heterocycles. The molecule has 0 radical (unpaired) electrons. The molecule has 0 saturated carbocycles. The largest absolute Gasteiger partial charge is 0.461 e. The van der Waals surface area contributed by atoms with Crippen LogP contribution in [0.4, 0.5) is 0 Å². The van der Waals surface area contributed by atoms with E-state index in [0.29, 0.717) is 5.76 Å². The Kier molecular flexibility index (Phi) is 1.90. The number of furan rings is 1. The van der Waals surface area contributed by atoms with E-state index in [2.05, 4.69) is 0 Å². The van der Waals surface area contributed by atoms with Gasteiger partial charge in [0.05, 0.1) is 6.26 Å². The highest BCUT2D eigenvalue weighted by Crippen LogP contribution is 2.14. The molecule has 0 atom stereocenters. The summed E-state index contributed by atoms with van der Waals surface area (Å²) in [5.74, 6) is 0.472. The van der Waals surface area contributed by atoms with Gasteiger partial charge in [-0.1, -0.05) is 6.92 Å². The summed E-state index contributed by atoms with van der Waals surface area (Å²) in [6.45, 7) is 3.94. The molecule has 0 aliphatic heterocycles. The molecule has 0 aliphatic rings. The summed E-state index contributed by atoms with van der Waals surface area (Å²) in [6, 6.07) is 0. The third-order valence-corrected chi connectivity index (χ3v) is 1.60. The maximum Gasteiger partial charge on any atom is 0.185 e. The lowest BCUT2D eigenvalue weighted by atomic mass is 10.1. The maximum absolute atomic E-state index is 10.3. The first-order valence-corrected chi connectivity index (χ1v) is 3.31. The average Bonchev–Trinajstić information content (AvgIpc) is 2.30. The minimum absolute atomic E-state index is 0.472. The summed E-state index contributed by atoms with van der Waals surface area (Å²) in [7, 11) is 0. The summed E-state index contributed by atoms with van der Waals surface area (Å²) in [6.07, 6.45) is 3.23. The molecule has 0 bridgehead atoms. The molecule has 1 aromatic rings. The number of rotatable bonds is 2. The first-order chi connectivity index (χ1) is 4.79. The zero-order valence-corrected chi connectivity index (χ0v) is 6.18. The van der Waals surface area contributed by atoms with Crippen molar-refractivity contribution in [3.63, 3.8) is 0 Å². The van der Waals surface area contributed by atoms with Crippen molar-refractivity contribution in [3.05, 3.63) is 23.2 Å². The zero-order valence-electron chi connectivity index (χ0n) is 6.18. The number of aldehydes is 1. The Morgan fingerprint density at radius 2 is 2.40 bits per heavy atom. The van der Waals surface area contributed by atoms with Crippen molar-refractivity contribution in [1.82, 2.24) is 0 Å². The normalized spacial score (nSPS) is 9.80. The molecule has 0 fully saturated rings. The maximum atomic E-state index is 10.3. The number of aryl methyl sites for hydroxylation is 1. The first kappa shape index (κ1) is 7.06. The SMILES string of the molecule is CCc1c(C)coc1C=O. The van der Waals surface area contributed by atoms with Crippen LogP contribution in [-0.2, 0) is 6.42 Å². The van der Waals surface area contributed by atoms with Gasteiger partial charge in [-0.15, -0.1) is 0 Å². The van der Waals surface area contributed by atoms with Gasteiger partial charge in [0.1, 0.15) is 0 Å². The highest BCUT2D eigenvalue weighted by Gasteiger charge is 2.05. The second-order valence-corrected chi connectivity index (χ2v) is 2.23. The smallest absolute Gasteiger partial charge is 0.185 e. The molecule has 10 heavy (non-hydrogen) atoms. The predicted octanol–water partition coefficient (Wildman–Crippen LogP) is 1.96. The molecule has 0 spiro atoms. The molecule has 0 saturated heterocycles. The van der Waals surface area contributed by atoms with Crippen LogP contribution in [0.25, 0.3) is 0 Å². The summed E-state index contributed by atoms with van der Waals surface area (Å²) in [5.41, 5.74) is 2.08. The van der Waals surface area contributed by atoms with E-state index in [-0.39, 0.29) is 0 Å². The van der Waals surface area contributed by atoms with E-state index in [4.69, 9.17) is 4.42 Å². The molecule has 1 rings (SSSR count). The summed E-state index contributed by atoms with van der Waals surface area (Å²) in [4.78, 5) is 10.3. The van der Waals surface area contributed by atoms with Crippen molar-refractivity contribution >= 4 is 6.29 Å². The Balaban J connectivity index is 3.12. The Morgan fingerprint density at radius 1 is 1.70 bits per heavy atom. The van der Waals surface area contributed by atoms with Crippen LogP contribution in [0.2, 0.25) is 0 Å².